The molecule has 0 radical (unpaired) electrons. The van der Waals surface area contributed by atoms with E-state index in [2.05, 4.69) is 54.1 Å². The van der Waals surface area contributed by atoms with Crippen molar-refractivity contribution in [3.63, 3.8) is 0 Å². The van der Waals surface area contributed by atoms with Gasteiger partial charge in [-0.15, -0.1) is 0 Å². The van der Waals surface area contributed by atoms with Crippen LogP contribution < -0.4 is 5.32 Å². The number of carbonyl (C=O) groups is 2. The third-order valence-electron chi connectivity index (χ3n) is 7.22. The average molecular weight is 553 g/mol. The minimum atomic E-state index is -0.498. The molecule has 2 atom stereocenters. The summed E-state index contributed by atoms with van der Waals surface area (Å²) >= 11 is 0. The molecule has 8 heteroatoms. The van der Waals surface area contributed by atoms with E-state index in [0.29, 0.717) is 56.4 Å². The number of carbonyl (C=O) groups excluding carboxylic acids is 2. The maximum atomic E-state index is 13.7. The second-order valence-corrected chi connectivity index (χ2v) is 10.1. The van der Waals surface area contributed by atoms with Gasteiger partial charge in [0.25, 0.3) is 0 Å². The van der Waals surface area contributed by atoms with Crippen LogP contribution in [-0.4, -0.2) is 72.6 Å². The van der Waals surface area contributed by atoms with Crippen LogP contribution in [0, 0.1) is 11.8 Å². The van der Waals surface area contributed by atoms with Gasteiger partial charge >= 0.3 is 6.03 Å². The molecule has 0 aromatic rings. The third kappa shape index (κ3) is 9.83. The minimum Gasteiger partial charge on any atom is -0.396 e. The van der Waals surface area contributed by atoms with Crippen LogP contribution in [0.15, 0.2) is 95.8 Å². The molecule has 0 fully saturated rings. The number of imide groups is 1. The molecule has 0 aromatic carbocycles. The summed E-state index contributed by atoms with van der Waals surface area (Å²) in [5.74, 6) is 1.26. The largest absolute Gasteiger partial charge is 0.396 e. The van der Waals surface area contributed by atoms with E-state index in [1.807, 2.05) is 25.2 Å². The van der Waals surface area contributed by atoms with Crippen molar-refractivity contribution in [1.29, 1.82) is 0 Å². The van der Waals surface area contributed by atoms with Crippen molar-refractivity contribution in [3.8, 4) is 0 Å². The zero-order valence-electron chi connectivity index (χ0n) is 24.4. The van der Waals surface area contributed by atoms with Gasteiger partial charge in [-0.3, -0.25) is 14.6 Å². The van der Waals surface area contributed by atoms with E-state index in [4.69, 9.17) is 5.11 Å². The Morgan fingerprint density at radius 2 is 2.00 bits per heavy atom. The van der Waals surface area contributed by atoms with E-state index in [-0.39, 0.29) is 19.0 Å². The lowest BCUT2D eigenvalue weighted by molar-refractivity contribution is -0.116. The predicted molar refractivity (Wildman–Crippen MR) is 160 cm³/mol. The summed E-state index contributed by atoms with van der Waals surface area (Å²) in [6, 6.07) is -0.498. The molecule has 0 heterocycles. The molecule has 2 rings (SSSR count). The molecule has 1 unspecified atom stereocenters. The summed E-state index contributed by atoms with van der Waals surface area (Å²) in [6.45, 7) is 9.08. The fourth-order valence-electron chi connectivity index (χ4n) is 4.73. The Morgan fingerprint density at radius 1 is 1.25 bits per heavy atom. The number of aliphatic hydroxyl groups excluding tert-OH is 1. The number of nitrogens with one attached hydrogen (secondary N) is 1. The van der Waals surface area contributed by atoms with Crippen LogP contribution >= 0.6 is 0 Å². The first kappa shape index (κ1) is 32.6. The fraction of sp³-hybridized carbons (Fsp3) is 0.438. The first-order valence-corrected chi connectivity index (χ1v) is 13.9. The molecule has 0 aliphatic heterocycles. The van der Waals surface area contributed by atoms with Crippen molar-refractivity contribution < 1.29 is 19.1 Å². The van der Waals surface area contributed by atoms with Crippen LogP contribution in [0.3, 0.4) is 0 Å². The van der Waals surface area contributed by atoms with E-state index in [9.17, 15) is 14.0 Å². The lowest BCUT2D eigenvalue weighted by atomic mass is 9.87. The van der Waals surface area contributed by atoms with Gasteiger partial charge in [0.1, 0.15) is 11.6 Å². The van der Waals surface area contributed by atoms with Gasteiger partial charge in [0.05, 0.1) is 5.70 Å². The summed E-state index contributed by atoms with van der Waals surface area (Å²) in [7, 11) is 3.35. The Balaban J connectivity index is 2.44. The Morgan fingerprint density at radius 3 is 2.60 bits per heavy atom. The Bertz CT molecular complexity index is 1100. The number of nitrogens with zero attached hydrogens (tertiary/aromatic N) is 3. The van der Waals surface area contributed by atoms with Crippen molar-refractivity contribution in [2.75, 3.05) is 40.3 Å². The number of amides is 3. The molecule has 0 saturated carbocycles. The molecule has 218 valence electrons. The predicted octanol–water partition coefficient (Wildman–Crippen LogP) is 5.60. The smallest absolute Gasteiger partial charge is 0.331 e. The van der Waals surface area contributed by atoms with Gasteiger partial charge in [-0.05, 0) is 49.7 Å². The second kappa shape index (κ2) is 17.1. The highest BCUT2D eigenvalue weighted by Gasteiger charge is 2.24. The molecule has 0 aromatic heterocycles. The maximum absolute atomic E-state index is 13.7. The first-order chi connectivity index (χ1) is 19.2. The minimum absolute atomic E-state index is 0.119. The molecule has 2 aliphatic carbocycles. The normalized spacial score (nSPS) is 19.5. The highest BCUT2D eigenvalue weighted by atomic mass is 19.1. The van der Waals surface area contributed by atoms with Gasteiger partial charge in [0.15, 0.2) is 0 Å². The number of rotatable bonds is 15. The molecule has 2 aliphatic rings. The molecular formula is C32H45FN4O3. The summed E-state index contributed by atoms with van der Waals surface area (Å²) in [5.41, 5.74) is 2.98. The van der Waals surface area contributed by atoms with E-state index in [1.165, 1.54) is 11.0 Å². The van der Waals surface area contributed by atoms with Crippen LogP contribution in [0.25, 0.3) is 0 Å². The number of halogens is 1. The topological polar surface area (TPSA) is 76.1 Å². The van der Waals surface area contributed by atoms with Crippen LogP contribution in [-0.2, 0) is 4.79 Å². The van der Waals surface area contributed by atoms with Gasteiger partial charge in [-0.2, -0.15) is 0 Å². The van der Waals surface area contributed by atoms with Crippen molar-refractivity contribution in [3.05, 3.63) is 95.8 Å². The second-order valence-electron chi connectivity index (χ2n) is 10.1. The first-order valence-electron chi connectivity index (χ1n) is 13.9. The van der Waals surface area contributed by atoms with E-state index in [0.717, 1.165) is 28.2 Å². The molecule has 40 heavy (non-hydrogen) atoms. The lowest BCUT2D eigenvalue weighted by Crippen LogP contribution is -2.44. The zero-order chi connectivity index (χ0) is 29.5. The summed E-state index contributed by atoms with van der Waals surface area (Å²) in [6.07, 6.45) is 22.6. The molecule has 0 spiro atoms. The van der Waals surface area contributed by atoms with Crippen molar-refractivity contribution in [1.82, 2.24) is 20.0 Å². The number of allylic oxidation sites excluding steroid dienone is 11. The van der Waals surface area contributed by atoms with Crippen LogP contribution in [0.2, 0.25) is 0 Å². The zero-order valence-corrected chi connectivity index (χ0v) is 24.4. The van der Waals surface area contributed by atoms with E-state index < -0.39 is 6.03 Å². The summed E-state index contributed by atoms with van der Waals surface area (Å²) in [5, 5.41) is 12.3. The number of hydrogen-bond donors (Lipinski definition) is 2. The molecule has 0 saturated heterocycles. The fourth-order valence-corrected chi connectivity index (χ4v) is 4.73. The van der Waals surface area contributed by atoms with Gasteiger partial charge in [-0.1, -0.05) is 73.8 Å². The third-order valence-corrected chi connectivity index (χ3v) is 7.22. The van der Waals surface area contributed by atoms with E-state index in [1.54, 1.807) is 20.2 Å². The maximum Gasteiger partial charge on any atom is 0.331 e. The lowest BCUT2D eigenvalue weighted by Gasteiger charge is -2.33. The highest BCUT2D eigenvalue weighted by Crippen LogP contribution is 2.26. The molecule has 7 nitrogen and oxygen atoms in total. The quantitative estimate of drug-likeness (QED) is 0.204. The summed E-state index contributed by atoms with van der Waals surface area (Å²) < 4.78 is 13.7. The highest BCUT2D eigenvalue weighted by molar-refractivity contribution is 5.85. The van der Waals surface area contributed by atoms with Crippen LogP contribution in [0.5, 0.6) is 0 Å². The monoisotopic (exact) mass is 552 g/mol. The van der Waals surface area contributed by atoms with Gasteiger partial charge < -0.3 is 15.3 Å². The average Bonchev–Trinajstić information content (AvgIpc) is 2.96. The Kier molecular flexibility index (Phi) is 13.9. The van der Waals surface area contributed by atoms with Gasteiger partial charge in [0.2, 0.25) is 6.41 Å². The molecule has 3 amide bonds. The van der Waals surface area contributed by atoms with Crippen molar-refractivity contribution in [2.45, 2.75) is 39.5 Å². The Hall–Kier alpha value is -3.65. The van der Waals surface area contributed by atoms with Crippen LogP contribution in [0.4, 0.5) is 9.18 Å². The van der Waals surface area contributed by atoms with Crippen molar-refractivity contribution in [2.24, 2.45) is 11.8 Å². The van der Waals surface area contributed by atoms with Gasteiger partial charge in [0, 0.05) is 46.8 Å². The molecule has 2 N–H and O–H groups in total. The summed E-state index contributed by atoms with van der Waals surface area (Å²) in [4.78, 5) is 29.4. The number of urea groups is 1. The number of hydrogen-bond acceptors (Lipinski definition) is 5. The van der Waals surface area contributed by atoms with Crippen molar-refractivity contribution >= 4 is 12.4 Å². The standard InChI is InChI=1S/C32H45FN4O3/c1-6-7-12-27(14-17-29-13-9-8-11-25(29)2)22-37(23-28-15-18-30(33)19-16-28)26(3)31(34-4)35(5)32(40)36(24-39)20-10-21-38/h6-9,11-15,18,24-25,29,34,38H,1,10,16-17,19-23H2,2-5H3/b12-7-,27-14+,31-26+/t25-,29?/m0/s1. The SMILES string of the molecule is C=C/C=C\C(=C/CC1C=CC=C[C@@H]1C)CN(CC1=CC=C(F)CC1)/C(C)=C(\NC)N(C)C(=O)N(C=O)CCCO. The molecule has 0 bridgehead atoms. The molecular weight excluding hydrogens is 507 g/mol. The number of aliphatic hydroxyl groups is 1. The van der Waals surface area contributed by atoms with Crippen LogP contribution in [0.1, 0.15) is 39.5 Å². The Labute approximate surface area is 239 Å². The van der Waals surface area contributed by atoms with Gasteiger partial charge in [-0.25, -0.2) is 9.18 Å². The van der Waals surface area contributed by atoms with E-state index >= 15 is 0 Å².